The van der Waals surface area contributed by atoms with Crippen molar-refractivity contribution in [3.05, 3.63) is 44.8 Å². The van der Waals surface area contributed by atoms with Crippen molar-refractivity contribution in [3.8, 4) is 0 Å². The van der Waals surface area contributed by atoms with Crippen LogP contribution in [0.2, 0.25) is 10.0 Å². The number of thioether (sulfide) groups is 1. The molecule has 2 rings (SSSR count). The number of hydrogen-bond donors (Lipinski definition) is 2. The van der Waals surface area contributed by atoms with E-state index in [9.17, 15) is 9.59 Å². The molecule has 0 unspecified atom stereocenters. The van der Waals surface area contributed by atoms with Gasteiger partial charge in [0.1, 0.15) is 6.20 Å². The molecule has 1 aromatic heterocycles. The molecule has 7 nitrogen and oxygen atoms in total. The molecular formula is C11H9Cl2N5O2S. The number of hydrogen-bond acceptors (Lipinski definition) is 6. The van der Waals surface area contributed by atoms with Gasteiger partial charge in [-0.25, -0.2) is 0 Å². The summed E-state index contributed by atoms with van der Waals surface area (Å²) in [6.07, 6.45) is 0.984. The number of anilines is 1. The van der Waals surface area contributed by atoms with Gasteiger partial charge in [0.05, 0.1) is 16.5 Å². The van der Waals surface area contributed by atoms with Gasteiger partial charge in [-0.1, -0.05) is 35.0 Å². The molecule has 0 aliphatic carbocycles. The first-order valence-corrected chi connectivity index (χ1v) is 7.29. The fraction of sp³-hybridized carbons (Fsp3) is 0.0909. The van der Waals surface area contributed by atoms with Crippen LogP contribution in [0.15, 0.2) is 34.3 Å². The third-order valence-electron chi connectivity index (χ3n) is 2.29. The number of nitrogens with two attached hydrogens (primary N) is 1. The number of nitrogens with zero attached hydrogens (tertiary/aromatic N) is 3. The van der Waals surface area contributed by atoms with Crippen LogP contribution < -0.4 is 16.7 Å². The standard InChI is InChI=1S/C11H9Cl2N5O2S/c12-6-1-2-8(7(13)3-6)16-9(19)5-21-11-17-15-4-10(20)18(11)14/h1-4H,5,14H2,(H,16,19). The molecular weight excluding hydrogens is 337 g/mol. The Kier molecular flexibility index (Phi) is 5.05. The predicted octanol–water partition coefficient (Wildman–Crippen LogP) is 1.39. The highest BCUT2D eigenvalue weighted by molar-refractivity contribution is 7.99. The average molecular weight is 346 g/mol. The molecule has 3 N–H and O–H groups in total. The molecule has 110 valence electrons. The Morgan fingerprint density at radius 3 is 2.90 bits per heavy atom. The molecule has 10 heteroatoms. The molecule has 0 aliphatic rings. The second-order valence-electron chi connectivity index (χ2n) is 3.80. The average Bonchev–Trinajstić information content (AvgIpc) is 2.43. The van der Waals surface area contributed by atoms with Crippen molar-refractivity contribution >= 4 is 46.6 Å². The van der Waals surface area contributed by atoms with Gasteiger partial charge >= 0.3 is 0 Å². The summed E-state index contributed by atoms with van der Waals surface area (Å²) >= 11 is 12.7. The zero-order chi connectivity index (χ0) is 15.4. The summed E-state index contributed by atoms with van der Waals surface area (Å²) in [5.41, 5.74) is -0.0652. The number of carbonyl (C=O) groups is 1. The number of aromatic nitrogens is 3. The van der Waals surface area contributed by atoms with Crippen molar-refractivity contribution in [2.75, 3.05) is 16.9 Å². The van der Waals surface area contributed by atoms with Crippen LogP contribution in [0.3, 0.4) is 0 Å². The lowest BCUT2D eigenvalue weighted by atomic mass is 10.3. The number of rotatable bonds is 4. The van der Waals surface area contributed by atoms with E-state index in [4.69, 9.17) is 29.0 Å². The topological polar surface area (TPSA) is 103 Å². The maximum Gasteiger partial charge on any atom is 0.291 e. The van der Waals surface area contributed by atoms with Gasteiger partial charge in [0.2, 0.25) is 11.1 Å². The quantitative estimate of drug-likeness (QED) is 0.641. The summed E-state index contributed by atoms with van der Waals surface area (Å²) in [6.45, 7) is 0. The van der Waals surface area contributed by atoms with Gasteiger partial charge in [0, 0.05) is 5.02 Å². The molecule has 1 amide bonds. The Bertz CT molecular complexity index is 737. The second kappa shape index (κ2) is 6.79. The minimum atomic E-state index is -0.506. The van der Waals surface area contributed by atoms with Gasteiger partial charge < -0.3 is 11.2 Å². The molecule has 0 saturated heterocycles. The van der Waals surface area contributed by atoms with Crippen molar-refractivity contribution in [1.29, 1.82) is 0 Å². The highest BCUT2D eigenvalue weighted by Crippen LogP contribution is 2.25. The molecule has 0 fully saturated rings. The largest absolute Gasteiger partial charge is 0.334 e. The van der Waals surface area contributed by atoms with E-state index < -0.39 is 5.56 Å². The summed E-state index contributed by atoms with van der Waals surface area (Å²) in [7, 11) is 0. The lowest BCUT2D eigenvalue weighted by molar-refractivity contribution is -0.113. The van der Waals surface area contributed by atoms with Crippen molar-refractivity contribution in [2.45, 2.75) is 5.16 Å². The van der Waals surface area contributed by atoms with Gasteiger partial charge in [-0.05, 0) is 18.2 Å². The molecule has 1 heterocycles. The third kappa shape index (κ3) is 4.10. The Balaban J connectivity index is 1.99. The van der Waals surface area contributed by atoms with Crippen molar-refractivity contribution in [2.24, 2.45) is 0 Å². The van der Waals surface area contributed by atoms with E-state index in [2.05, 4.69) is 15.5 Å². The zero-order valence-electron chi connectivity index (χ0n) is 10.4. The number of nitrogen functional groups attached to an aromatic ring is 1. The number of nitrogens with one attached hydrogen (secondary N) is 1. The normalized spacial score (nSPS) is 10.4. The van der Waals surface area contributed by atoms with E-state index in [1.54, 1.807) is 12.1 Å². The summed E-state index contributed by atoms with van der Waals surface area (Å²) < 4.78 is 0.820. The van der Waals surface area contributed by atoms with Crippen LogP contribution in [-0.4, -0.2) is 26.5 Å². The van der Waals surface area contributed by atoms with Gasteiger partial charge in [-0.3, -0.25) is 9.59 Å². The molecule has 2 aromatic rings. The minimum Gasteiger partial charge on any atom is -0.334 e. The first-order valence-electron chi connectivity index (χ1n) is 5.55. The minimum absolute atomic E-state index is 0.00567. The maximum atomic E-state index is 11.8. The smallest absolute Gasteiger partial charge is 0.291 e. The number of halogens is 2. The van der Waals surface area contributed by atoms with E-state index in [1.165, 1.54) is 6.07 Å². The van der Waals surface area contributed by atoms with E-state index >= 15 is 0 Å². The number of benzene rings is 1. The first kappa shape index (κ1) is 15.6. The predicted molar refractivity (Wildman–Crippen MR) is 82.3 cm³/mol. The van der Waals surface area contributed by atoms with E-state index in [1.807, 2.05) is 0 Å². The van der Waals surface area contributed by atoms with Crippen molar-refractivity contribution < 1.29 is 4.79 Å². The summed E-state index contributed by atoms with van der Waals surface area (Å²) in [5.74, 6) is 5.14. The maximum absolute atomic E-state index is 11.8. The molecule has 0 saturated carbocycles. The fourth-order valence-electron chi connectivity index (χ4n) is 1.34. The van der Waals surface area contributed by atoms with Crippen LogP contribution in [0.4, 0.5) is 5.69 Å². The van der Waals surface area contributed by atoms with E-state index in [0.29, 0.717) is 15.7 Å². The van der Waals surface area contributed by atoms with E-state index in [0.717, 1.165) is 22.6 Å². The van der Waals surface area contributed by atoms with Crippen LogP contribution in [-0.2, 0) is 4.79 Å². The fourth-order valence-corrected chi connectivity index (χ4v) is 2.46. The lowest BCUT2D eigenvalue weighted by Gasteiger charge is -2.08. The Morgan fingerprint density at radius 2 is 2.19 bits per heavy atom. The second-order valence-corrected chi connectivity index (χ2v) is 5.58. The van der Waals surface area contributed by atoms with Crippen LogP contribution in [0.1, 0.15) is 0 Å². The third-order valence-corrected chi connectivity index (χ3v) is 3.78. The van der Waals surface area contributed by atoms with Crippen LogP contribution in [0.25, 0.3) is 0 Å². The zero-order valence-corrected chi connectivity index (χ0v) is 12.7. The van der Waals surface area contributed by atoms with Gasteiger partial charge in [-0.15, -0.1) is 5.10 Å². The summed E-state index contributed by atoms with van der Waals surface area (Å²) in [4.78, 5) is 23.1. The Labute approximate surface area is 133 Å². The molecule has 21 heavy (non-hydrogen) atoms. The molecule has 0 spiro atoms. The molecule has 1 aromatic carbocycles. The van der Waals surface area contributed by atoms with Crippen molar-refractivity contribution in [1.82, 2.24) is 14.9 Å². The molecule has 0 bridgehead atoms. The monoisotopic (exact) mass is 345 g/mol. The van der Waals surface area contributed by atoms with Gasteiger partial charge in [0.25, 0.3) is 5.56 Å². The SMILES string of the molecule is Nn1c(SCC(=O)Nc2ccc(Cl)cc2Cl)nncc1=O. The summed E-state index contributed by atoms with van der Waals surface area (Å²) in [5, 5.41) is 10.7. The Hall–Kier alpha value is -1.77. The van der Waals surface area contributed by atoms with Crippen LogP contribution in [0, 0.1) is 0 Å². The van der Waals surface area contributed by atoms with Crippen molar-refractivity contribution in [3.63, 3.8) is 0 Å². The highest BCUT2D eigenvalue weighted by atomic mass is 35.5. The van der Waals surface area contributed by atoms with Crippen LogP contribution in [0.5, 0.6) is 0 Å². The first-order chi connectivity index (χ1) is 9.97. The molecule has 0 aliphatic heterocycles. The van der Waals surface area contributed by atoms with Gasteiger partial charge in [0.15, 0.2) is 0 Å². The number of amides is 1. The number of carbonyl (C=O) groups excluding carboxylic acids is 1. The highest BCUT2D eigenvalue weighted by Gasteiger charge is 2.10. The molecule has 0 atom stereocenters. The summed E-state index contributed by atoms with van der Waals surface area (Å²) in [6, 6.07) is 4.72. The van der Waals surface area contributed by atoms with Crippen LogP contribution >= 0.6 is 35.0 Å². The van der Waals surface area contributed by atoms with Gasteiger partial charge in [-0.2, -0.15) is 9.77 Å². The van der Waals surface area contributed by atoms with E-state index in [-0.39, 0.29) is 16.8 Å². The Morgan fingerprint density at radius 1 is 1.43 bits per heavy atom. The lowest BCUT2D eigenvalue weighted by Crippen LogP contribution is -2.30. The molecule has 0 radical (unpaired) electrons.